The summed E-state index contributed by atoms with van der Waals surface area (Å²) < 4.78 is 1.85. The number of aromatic nitrogens is 3. The Kier molecular flexibility index (Phi) is 3.42. The highest BCUT2D eigenvalue weighted by Gasteiger charge is 2.28. The normalized spacial score (nSPS) is 19.4. The first kappa shape index (κ1) is 12.0. The average molecular weight is 238 g/mol. The van der Waals surface area contributed by atoms with Crippen LogP contribution < -0.4 is 0 Å². The zero-order valence-corrected chi connectivity index (χ0v) is 10.3. The largest absolute Gasteiger partial charge is 0.481 e. The van der Waals surface area contributed by atoms with Gasteiger partial charge in [-0.15, -0.1) is 5.10 Å². The molecule has 17 heavy (non-hydrogen) atoms. The summed E-state index contributed by atoms with van der Waals surface area (Å²) in [5.41, 5.74) is 1.98. The fourth-order valence-electron chi connectivity index (χ4n) is 2.12. The van der Waals surface area contributed by atoms with Crippen molar-refractivity contribution < 1.29 is 9.90 Å². The minimum Gasteiger partial charge on any atom is -0.481 e. The molecule has 6 heteroatoms. The first-order valence-electron chi connectivity index (χ1n) is 5.86. The molecule has 94 valence electrons. The van der Waals surface area contributed by atoms with Gasteiger partial charge >= 0.3 is 5.97 Å². The maximum atomic E-state index is 11.0. The number of aliphatic carboxylic acids is 1. The summed E-state index contributed by atoms with van der Waals surface area (Å²) in [6.45, 7) is 1.65. The van der Waals surface area contributed by atoms with Crippen molar-refractivity contribution in [1.29, 1.82) is 0 Å². The third kappa shape index (κ3) is 2.63. The Morgan fingerprint density at radius 2 is 2.35 bits per heavy atom. The molecule has 0 saturated carbocycles. The van der Waals surface area contributed by atoms with Gasteiger partial charge < -0.3 is 10.0 Å². The molecule has 0 aromatic carbocycles. The van der Waals surface area contributed by atoms with Crippen molar-refractivity contribution in [2.45, 2.75) is 25.8 Å². The number of hydrogen-bond donors (Lipinski definition) is 1. The van der Waals surface area contributed by atoms with Crippen molar-refractivity contribution in [2.24, 2.45) is 5.92 Å². The lowest BCUT2D eigenvalue weighted by Crippen LogP contribution is -2.26. The predicted molar refractivity (Wildman–Crippen MR) is 61.7 cm³/mol. The third-order valence-electron chi connectivity index (χ3n) is 3.20. The highest BCUT2D eigenvalue weighted by Crippen LogP contribution is 2.23. The third-order valence-corrected chi connectivity index (χ3v) is 3.20. The highest BCUT2D eigenvalue weighted by molar-refractivity contribution is 5.70. The van der Waals surface area contributed by atoms with E-state index in [1.54, 1.807) is 0 Å². The lowest BCUT2D eigenvalue weighted by Gasteiger charge is -2.19. The molecule has 6 nitrogen and oxygen atoms in total. The van der Waals surface area contributed by atoms with Gasteiger partial charge in [0.1, 0.15) is 0 Å². The number of fused-ring (bicyclic) bond motifs is 1. The minimum atomic E-state index is -0.712. The van der Waals surface area contributed by atoms with Gasteiger partial charge in [0.2, 0.25) is 0 Å². The Balaban J connectivity index is 2.11. The second kappa shape index (κ2) is 4.83. The Labute approximate surface area is 100 Å². The standard InChI is InChI=1S/C11H18N4O2/c1-14(2)5-6-15-10-7-8(11(16)17)3-4-9(10)12-13-15/h8H,3-7H2,1-2H3,(H,16,17). The molecule has 2 rings (SSSR count). The molecular formula is C11H18N4O2. The zero-order valence-electron chi connectivity index (χ0n) is 10.3. The van der Waals surface area contributed by atoms with E-state index in [-0.39, 0.29) is 5.92 Å². The second-order valence-electron chi connectivity index (χ2n) is 4.79. The van der Waals surface area contributed by atoms with Crippen LogP contribution in [0, 0.1) is 5.92 Å². The maximum absolute atomic E-state index is 11.0. The van der Waals surface area contributed by atoms with Crippen LogP contribution in [0.15, 0.2) is 0 Å². The summed E-state index contributed by atoms with van der Waals surface area (Å²) in [6, 6.07) is 0. The SMILES string of the molecule is CN(C)CCn1nnc2c1CC(C(=O)O)CC2. The summed E-state index contributed by atoms with van der Waals surface area (Å²) in [7, 11) is 4.01. The second-order valence-corrected chi connectivity index (χ2v) is 4.79. The summed E-state index contributed by atoms with van der Waals surface area (Å²) in [4.78, 5) is 13.1. The van der Waals surface area contributed by atoms with Crippen molar-refractivity contribution in [3.8, 4) is 0 Å². The summed E-state index contributed by atoms with van der Waals surface area (Å²) in [5, 5.41) is 17.3. The van der Waals surface area contributed by atoms with Crippen molar-refractivity contribution in [1.82, 2.24) is 19.9 Å². The first-order chi connectivity index (χ1) is 8.08. The van der Waals surface area contributed by atoms with Crippen LogP contribution in [0.3, 0.4) is 0 Å². The van der Waals surface area contributed by atoms with Gasteiger partial charge in [0.15, 0.2) is 0 Å². The molecule has 0 amide bonds. The number of rotatable bonds is 4. The Bertz CT molecular complexity index is 414. The van der Waals surface area contributed by atoms with E-state index in [9.17, 15) is 4.79 Å². The molecule has 0 spiro atoms. The minimum absolute atomic E-state index is 0.279. The molecule has 1 N–H and O–H groups in total. The molecule has 0 saturated heterocycles. The number of carboxylic acid groups (broad SMARTS) is 1. The van der Waals surface area contributed by atoms with E-state index in [0.717, 1.165) is 30.9 Å². The van der Waals surface area contributed by atoms with E-state index >= 15 is 0 Å². The van der Waals surface area contributed by atoms with Crippen LogP contribution in [-0.4, -0.2) is 51.6 Å². The fraction of sp³-hybridized carbons (Fsp3) is 0.727. The fourth-order valence-corrected chi connectivity index (χ4v) is 2.12. The molecule has 1 aliphatic rings. The lowest BCUT2D eigenvalue weighted by molar-refractivity contribution is -0.142. The van der Waals surface area contributed by atoms with Gasteiger partial charge in [-0.1, -0.05) is 5.21 Å². The predicted octanol–water partition coefficient (Wildman–Crippen LogP) is 0.0292. The quantitative estimate of drug-likeness (QED) is 0.801. The van der Waals surface area contributed by atoms with Crippen molar-refractivity contribution in [3.63, 3.8) is 0 Å². The summed E-state index contributed by atoms with van der Waals surface area (Å²) in [6.07, 6.45) is 1.97. The van der Waals surface area contributed by atoms with Crippen LogP contribution in [0.1, 0.15) is 17.8 Å². The summed E-state index contributed by atoms with van der Waals surface area (Å²) in [5.74, 6) is -0.991. The number of carboxylic acids is 1. The van der Waals surface area contributed by atoms with Gasteiger partial charge in [-0.25, -0.2) is 4.68 Å². The van der Waals surface area contributed by atoms with Gasteiger partial charge in [-0.2, -0.15) is 0 Å². The molecular weight excluding hydrogens is 220 g/mol. The summed E-state index contributed by atoms with van der Waals surface area (Å²) >= 11 is 0. The number of likely N-dealkylation sites (N-methyl/N-ethyl adjacent to an activating group) is 1. The Morgan fingerprint density at radius 3 is 3.00 bits per heavy atom. The van der Waals surface area contributed by atoms with Gasteiger partial charge in [0, 0.05) is 13.0 Å². The molecule has 1 unspecified atom stereocenters. The molecule has 0 aliphatic heterocycles. The van der Waals surface area contributed by atoms with Crippen LogP contribution in [0.25, 0.3) is 0 Å². The van der Waals surface area contributed by atoms with Crippen molar-refractivity contribution in [2.75, 3.05) is 20.6 Å². The van der Waals surface area contributed by atoms with E-state index < -0.39 is 5.97 Å². The molecule has 1 aromatic rings. The van der Waals surface area contributed by atoms with Gasteiger partial charge in [-0.3, -0.25) is 4.79 Å². The lowest BCUT2D eigenvalue weighted by atomic mass is 9.90. The number of aryl methyl sites for hydroxylation is 1. The van der Waals surface area contributed by atoms with E-state index in [4.69, 9.17) is 5.11 Å². The maximum Gasteiger partial charge on any atom is 0.306 e. The molecule has 0 radical (unpaired) electrons. The number of nitrogens with zero attached hydrogens (tertiary/aromatic N) is 4. The van der Waals surface area contributed by atoms with E-state index in [1.807, 2.05) is 18.8 Å². The topological polar surface area (TPSA) is 71.2 Å². The van der Waals surface area contributed by atoms with Gasteiger partial charge in [-0.05, 0) is 26.9 Å². The molecule has 1 atom stereocenters. The average Bonchev–Trinajstić information content (AvgIpc) is 2.68. The van der Waals surface area contributed by atoms with Crippen molar-refractivity contribution >= 4 is 5.97 Å². The van der Waals surface area contributed by atoms with Gasteiger partial charge in [0.05, 0.1) is 23.9 Å². The Hall–Kier alpha value is -1.43. The first-order valence-corrected chi connectivity index (χ1v) is 5.86. The highest BCUT2D eigenvalue weighted by atomic mass is 16.4. The number of hydrogen-bond acceptors (Lipinski definition) is 4. The van der Waals surface area contributed by atoms with Crippen LogP contribution in [0.5, 0.6) is 0 Å². The van der Waals surface area contributed by atoms with E-state index in [0.29, 0.717) is 12.8 Å². The Morgan fingerprint density at radius 1 is 1.59 bits per heavy atom. The number of carbonyl (C=O) groups is 1. The monoisotopic (exact) mass is 238 g/mol. The molecule has 0 fully saturated rings. The van der Waals surface area contributed by atoms with E-state index in [1.165, 1.54) is 0 Å². The van der Waals surface area contributed by atoms with Crippen LogP contribution in [-0.2, 0) is 24.2 Å². The van der Waals surface area contributed by atoms with Crippen LogP contribution >= 0.6 is 0 Å². The smallest absolute Gasteiger partial charge is 0.306 e. The molecule has 1 heterocycles. The van der Waals surface area contributed by atoms with E-state index in [2.05, 4.69) is 15.2 Å². The van der Waals surface area contributed by atoms with Gasteiger partial charge in [0.25, 0.3) is 0 Å². The van der Waals surface area contributed by atoms with Crippen LogP contribution in [0.2, 0.25) is 0 Å². The zero-order chi connectivity index (χ0) is 12.4. The molecule has 1 aliphatic carbocycles. The van der Waals surface area contributed by atoms with Crippen molar-refractivity contribution in [3.05, 3.63) is 11.4 Å². The molecule has 0 bridgehead atoms. The van der Waals surface area contributed by atoms with Crippen LogP contribution in [0.4, 0.5) is 0 Å². The molecule has 1 aromatic heterocycles.